The normalized spacial score (nSPS) is 11.5. The van der Waals surface area contributed by atoms with Crippen LogP contribution < -0.4 is 0 Å². The van der Waals surface area contributed by atoms with Gasteiger partial charge in [-0.05, 0) is 104 Å². The molecule has 10 aromatic rings. The van der Waals surface area contributed by atoms with Crippen LogP contribution in [0.5, 0.6) is 0 Å². The molecule has 260 valence electrons. The van der Waals surface area contributed by atoms with Crippen molar-refractivity contribution in [2.75, 3.05) is 0 Å². The van der Waals surface area contributed by atoms with E-state index in [0.29, 0.717) is 0 Å². The molecular weight excluding hydrogens is 665 g/mol. The fraction of sp³-hybridized carbons (Fsp3) is 0.0370. The van der Waals surface area contributed by atoms with Crippen LogP contribution in [0.15, 0.2) is 199 Å². The van der Waals surface area contributed by atoms with Gasteiger partial charge in [0.15, 0.2) is 0 Å². The minimum Gasteiger partial charge on any atom is -0.455 e. The van der Waals surface area contributed by atoms with Gasteiger partial charge in [0, 0.05) is 16.5 Å². The smallest absolute Gasteiger partial charge is 0.143 e. The molecule has 1 nitrogen and oxygen atoms in total. The molecule has 0 saturated carbocycles. The Labute approximate surface area is 321 Å². The van der Waals surface area contributed by atoms with Gasteiger partial charge in [-0.1, -0.05) is 187 Å². The molecule has 0 radical (unpaired) electrons. The van der Waals surface area contributed by atoms with Gasteiger partial charge < -0.3 is 4.42 Å². The standard InChI is InChI=1S/C54H38O/c1-35-21-25-39(26-22-35)52-48-32-30-42(34-50(48)55-54(52)40-27-23-36(2)24-28-40)51-43-17-9-11-19-45(43)53(46-20-12-10-18-44(46)51)47-31-29-41(37-13-5-3-6-14-37)33-49(47)38-15-7-4-8-16-38/h3-34H,1-2H3. The molecule has 0 fully saturated rings. The van der Waals surface area contributed by atoms with Crippen molar-refractivity contribution in [2.24, 2.45) is 0 Å². The molecule has 0 aliphatic carbocycles. The van der Waals surface area contributed by atoms with Crippen LogP contribution in [0.2, 0.25) is 0 Å². The second kappa shape index (κ2) is 13.5. The van der Waals surface area contributed by atoms with Crippen LogP contribution in [-0.4, -0.2) is 0 Å². The molecule has 10 rings (SSSR count). The van der Waals surface area contributed by atoms with Crippen molar-refractivity contribution >= 4 is 32.5 Å². The molecule has 0 atom stereocenters. The summed E-state index contributed by atoms with van der Waals surface area (Å²) < 4.78 is 6.90. The van der Waals surface area contributed by atoms with Gasteiger partial charge in [-0.15, -0.1) is 0 Å². The zero-order chi connectivity index (χ0) is 36.9. The first-order valence-corrected chi connectivity index (χ1v) is 19.0. The second-order valence-electron chi connectivity index (χ2n) is 14.6. The van der Waals surface area contributed by atoms with Crippen LogP contribution in [0.1, 0.15) is 11.1 Å². The Morgan fingerprint density at radius 1 is 0.291 bits per heavy atom. The highest BCUT2D eigenvalue weighted by molar-refractivity contribution is 6.23. The minimum absolute atomic E-state index is 0.878. The number of rotatable bonds is 6. The van der Waals surface area contributed by atoms with Crippen molar-refractivity contribution in [3.63, 3.8) is 0 Å². The highest BCUT2D eigenvalue weighted by atomic mass is 16.3. The van der Waals surface area contributed by atoms with Gasteiger partial charge in [0.1, 0.15) is 11.3 Å². The van der Waals surface area contributed by atoms with Crippen molar-refractivity contribution < 1.29 is 4.42 Å². The molecule has 0 N–H and O–H groups in total. The third kappa shape index (κ3) is 5.73. The van der Waals surface area contributed by atoms with E-state index in [-0.39, 0.29) is 0 Å². The first-order valence-electron chi connectivity index (χ1n) is 19.0. The average Bonchev–Trinajstić information content (AvgIpc) is 3.62. The van der Waals surface area contributed by atoms with Gasteiger partial charge in [-0.2, -0.15) is 0 Å². The van der Waals surface area contributed by atoms with Crippen molar-refractivity contribution in [3.05, 3.63) is 205 Å². The summed E-state index contributed by atoms with van der Waals surface area (Å²) in [5.74, 6) is 0.897. The monoisotopic (exact) mass is 702 g/mol. The molecule has 0 amide bonds. The van der Waals surface area contributed by atoms with Crippen molar-refractivity contribution in [1.29, 1.82) is 0 Å². The lowest BCUT2D eigenvalue weighted by atomic mass is 9.83. The van der Waals surface area contributed by atoms with Gasteiger partial charge in [-0.25, -0.2) is 0 Å². The Morgan fingerprint density at radius 3 is 1.38 bits per heavy atom. The predicted molar refractivity (Wildman–Crippen MR) is 233 cm³/mol. The van der Waals surface area contributed by atoms with Crippen molar-refractivity contribution in [2.45, 2.75) is 13.8 Å². The maximum atomic E-state index is 6.90. The summed E-state index contributed by atoms with van der Waals surface area (Å²) in [6.07, 6.45) is 0. The third-order valence-electron chi connectivity index (χ3n) is 11.0. The fourth-order valence-electron chi connectivity index (χ4n) is 8.33. The van der Waals surface area contributed by atoms with Gasteiger partial charge in [0.25, 0.3) is 0 Å². The zero-order valence-corrected chi connectivity index (χ0v) is 30.9. The third-order valence-corrected chi connectivity index (χ3v) is 11.0. The molecule has 1 heterocycles. The van der Waals surface area contributed by atoms with Crippen molar-refractivity contribution in [3.8, 4) is 67.0 Å². The van der Waals surface area contributed by atoms with E-state index in [4.69, 9.17) is 4.42 Å². The molecular formula is C54H38O. The summed E-state index contributed by atoms with van der Waals surface area (Å²) >= 11 is 0. The molecule has 0 bridgehead atoms. The van der Waals surface area contributed by atoms with Crippen LogP contribution in [0.4, 0.5) is 0 Å². The Hall–Kier alpha value is -6.96. The lowest BCUT2D eigenvalue weighted by Crippen LogP contribution is -1.93. The van der Waals surface area contributed by atoms with E-state index < -0.39 is 0 Å². The largest absolute Gasteiger partial charge is 0.455 e. The van der Waals surface area contributed by atoms with Gasteiger partial charge in [-0.3, -0.25) is 0 Å². The lowest BCUT2D eigenvalue weighted by molar-refractivity contribution is 0.632. The summed E-state index contributed by atoms with van der Waals surface area (Å²) in [5, 5.41) is 5.98. The molecule has 0 saturated heterocycles. The van der Waals surface area contributed by atoms with Crippen LogP contribution in [0.3, 0.4) is 0 Å². The van der Waals surface area contributed by atoms with Crippen molar-refractivity contribution in [1.82, 2.24) is 0 Å². The number of aryl methyl sites for hydroxylation is 2. The predicted octanol–water partition coefficient (Wildman–Crippen LogP) is 15.4. The van der Waals surface area contributed by atoms with E-state index in [0.717, 1.165) is 39.0 Å². The average molecular weight is 703 g/mol. The maximum absolute atomic E-state index is 6.90. The van der Waals surface area contributed by atoms with Gasteiger partial charge >= 0.3 is 0 Å². The quantitative estimate of drug-likeness (QED) is 0.157. The van der Waals surface area contributed by atoms with Gasteiger partial charge in [0.2, 0.25) is 0 Å². The molecule has 9 aromatic carbocycles. The maximum Gasteiger partial charge on any atom is 0.143 e. The topological polar surface area (TPSA) is 13.1 Å². The number of hydrogen-bond donors (Lipinski definition) is 0. The summed E-state index contributed by atoms with van der Waals surface area (Å²) in [5.41, 5.74) is 16.3. The van der Waals surface area contributed by atoms with E-state index >= 15 is 0 Å². The van der Waals surface area contributed by atoms with E-state index in [9.17, 15) is 0 Å². The first kappa shape index (κ1) is 32.7. The summed E-state index contributed by atoms with van der Waals surface area (Å²) in [6.45, 7) is 4.25. The number of furan rings is 1. The van der Waals surface area contributed by atoms with E-state index in [2.05, 4.69) is 208 Å². The first-order chi connectivity index (χ1) is 27.1. The molecule has 55 heavy (non-hydrogen) atoms. The number of fused-ring (bicyclic) bond motifs is 3. The van der Waals surface area contributed by atoms with E-state index in [1.807, 2.05) is 0 Å². The highest BCUT2D eigenvalue weighted by Gasteiger charge is 2.22. The molecule has 0 spiro atoms. The Bertz CT molecular complexity index is 2950. The Balaban J connectivity index is 1.22. The minimum atomic E-state index is 0.878. The molecule has 1 aromatic heterocycles. The fourth-order valence-corrected chi connectivity index (χ4v) is 8.33. The number of hydrogen-bond acceptors (Lipinski definition) is 1. The molecule has 0 aliphatic heterocycles. The van der Waals surface area contributed by atoms with Crippen LogP contribution in [-0.2, 0) is 0 Å². The van der Waals surface area contributed by atoms with Crippen LogP contribution >= 0.6 is 0 Å². The zero-order valence-electron chi connectivity index (χ0n) is 30.9. The summed E-state index contributed by atoms with van der Waals surface area (Å²) in [7, 11) is 0. The SMILES string of the molecule is Cc1ccc(-c2oc3cc(-c4c5ccccc5c(-c5ccc(-c6ccccc6)cc5-c5ccccc5)c5ccccc45)ccc3c2-c2ccc(C)cc2)cc1. The molecule has 0 aliphatic rings. The van der Waals surface area contributed by atoms with E-state index in [1.165, 1.54) is 71.6 Å². The molecule has 0 unspecified atom stereocenters. The lowest BCUT2D eigenvalue weighted by Gasteiger charge is -2.20. The Kier molecular flexibility index (Phi) is 8.00. The second-order valence-corrected chi connectivity index (χ2v) is 14.6. The molecule has 1 heteroatoms. The Morgan fingerprint density at radius 2 is 0.782 bits per heavy atom. The summed E-state index contributed by atoms with van der Waals surface area (Å²) in [6, 6.07) is 70.5. The van der Waals surface area contributed by atoms with Crippen LogP contribution in [0, 0.1) is 13.8 Å². The summed E-state index contributed by atoms with van der Waals surface area (Å²) in [4.78, 5) is 0. The highest BCUT2D eigenvalue weighted by Crippen LogP contribution is 2.48. The van der Waals surface area contributed by atoms with Gasteiger partial charge in [0.05, 0.1) is 0 Å². The number of benzene rings is 9. The van der Waals surface area contributed by atoms with Crippen LogP contribution in [0.25, 0.3) is 99.5 Å². The van der Waals surface area contributed by atoms with E-state index in [1.54, 1.807) is 0 Å².